The Morgan fingerprint density at radius 1 is 1.31 bits per heavy atom. The Morgan fingerprint density at radius 2 is 2.12 bits per heavy atom. The third-order valence-electron chi connectivity index (χ3n) is 2.19. The molecule has 5 heteroatoms. The van der Waals surface area contributed by atoms with Gasteiger partial charge in [-0.05, 0) is 24.6 Å². The first-order valence-corrected chi connectivity index (χ1v) is 5.83. The monoisotopic (exact) mass is 255 g/mol. The molecule has 16 heavy (non-hydrogen) atoms. The lowest BCUT2D eigenvalue weighted by Crippen LogP contribution is -1.85. The minimum Gasteiger partial charge on any atom is -0.263 e. The second kappa shape index (κ2) is 4.85. The minimum atomic E-state index is 0.564. The molecule has 0 saturated heterocycles. The fourth-order valence-electron chi connectivity index (χ4n) is 1.44. The molecule has 0 aliphatic carbocycles. The summed E-state index contributed by atoms with van der Waals surface area (Å²) in [6, 6.07) is 5.29. The molecule has 0 fully saturated rings. The molecule has 0 spiro atoms. The van der Waals surface area contributed by atoms with Gasteiger partial charge < -0.3 is 0 Å². The van der Waals surface area contributed by atoms with Crippen LogP contribution in [-0.2, 0) is 6.42 Å². The van der Waals surface area contributed by atoms with Crippen molar-refractivity contribution in [1.82, 2.24) is 15.2 Å². The van der Waals surface area contributed by atoms with Crippen LogP contribution in [0.15, 0.2) is 18.2 Å². The summed E-state index contributed by atoms with van der Waals surface area (Å²) in [5.74, 6) is 1.49. The number of aromatic nitrogens is 3. The lowest BCUT2D eigenvalue weighted by molar-refractivity contribution is 0.841. The van der Waals surface area contributed by atoms with E-state index in [9.17, 15) is 0 Å². The van der Waals surface area contributed by atoms with Crippen LogP contribution in [0.2, 0.25) is 10.0 Å². The average Bonchev–Trinajstić information content (AvgIpc) is 2.67. The van der Waals surface area contributed by atoms with Crippen LogP contribution in [-0.4, -0.2) is 15.2 Å². The minimum absolute atomic E-state index is 0.564. The Kier molecular flexibility index (Phi) is 3.46. The van der Waals surface area contributed by atoms with Gasteiger partial charge in [0.15, 0.2) is 5.82 Å². The van der Waals surface area contributed by atoms with Gasteiger partial charge in [0.25, 0.3) is 0 Å². The predicted molar refractivity (Wildman–Crippen MR) is 65.8 cm³/mol. The van der Waals surface area contributed by atoms with Crippen LogP contribution < -0.4 is 0 Å². The third kappa shape index (κ3) is 2.36. The standard InChI is InChI=1S/C11H11Cl2N3/c1-2-3-10-14-11(16-15-10)8-5-4-7(12)6-9(8)13/h4-6H,2-3H2,1H3,(H,14,15,16). The highest BCUT2D eigenvalue weighted by atomic mass is 35.5. The van der Waals surface area contributed by atoms with Gasteiger partial charge in [-0.2, -0.15) is 5.10 Å². The number of hydrogen-bond acceptors (Lipinski definition) is 2. The van der Waals surface area contributed by atoms with E-state index in [2.05, 4.69) is 22.1 Å². The number of aryl methyl sites for hydroxylation is 1. The molecule has 1 heterocycles. The lowest BCUT2D eigenvalue weighted by atomic mass is 10.2. The van der Waals surface area contributed by atoms with E-state index in [1.807, 2.05) is 6.07 Å². The maximum atomic E-state index is 6.07. The quantitative estimate of drug-likeness (QED) is 0.908. The summed E-state index contributed by atoms with van der Waals surface area (Å²) >= 11 is 11.9. The van der Waals surface area contributed by atoms with Crippen molar-refractivity contribution in [1.29, 1.82) is 0 Å². The summed E-state index contributed by atoms with van der Waals surface area (Å²) in [7, 11) is 0. The van der Waals surface area contributed by atoms with Crippen molar-refractivity contribution in [2.24, 2.45) is 0 Å². The van der Waals surface area contributed by atoms with Gasteiger partial charge in [-0.3, -0.25) is 5.10 Å². The number of aromatic amines is 1. The van der Waals surface area contributed by atoms with E-state index in [0.717, 1.165) is 24.2 Å². The van der Waals surface area contributed by atoms with Crippen LogP contribution in [0.1, 0.15) is 19.2 Å². The summed E-state index contributed by atoms with van der Waals surface area (Å²) < 4.78 is 0. The molecule has 0 aliphatic rings. The fourth-order valence-corrected chi connectivity index (χ4v) is 1.93. The van der Waals surface area contributed by atoms with Crippen LogP contribution >= 0.6 is 23.2 Å². The number of nitrogens with zero attached hydrogens (tertiary/aromatic N) is 2. The van der Waals surface area contributed by atoms with Crippen LogP contribution in [0.3, 0.4) is 0 Å². The molecule has 1 aromatic heterocycles. The Balaban J connectivity index is 2.35. The van der Waals surface area contributed by atoms with Crippen molar-refractivity contribution < 1.29 is 0 Å². The van der Waals surface area contributed by atoms with E-state index >= 15 is 0 Å². The van der Waals surface area contributed by atoms with E-state index in [4.69, 9.17) is 23.2 Å². The van der Waals surface area contributed by atoms with Gasteiger partial charge in [-0.1, -0.05) is 30.1 Å². The van der Waals surface area contributed by atoms with Crippen molar-refractivity contribution in [3.05, 3.63) is 34.1 Å². The van der Waals surface area contributed by atoms with E-state index in [0.29, 0.717) is 15.9 Å². The zero-order valence-electron chi connectivity index (χ0n) is 8.80. The van der Waals surface area contributed by atoms with Crippen molar-refractivity contribution >= 4 is 23.2 Å². The highest BCUT2D eigenvalue weighted by Gasteiger charge is 2.09. The van der Waals surface area contributed by atoms with Crippen molar-refractivity contribution in [3.8, 4) is 11.4 Å². The largest absolute Gasteiger partial charge is 0.263 e. The van der Waals surface area contributed by atoms with E-state index in [1.165, 1.54) is 0 Å². The zero-order chi connectivity index (χ0) is 11.5. The molecule has 1 aromatic carbocycles. The number of hydrogen-bond donors (Lipinski definition) is 1. The van der Waals surface area contributed by atoms with Crippen molar-refractivity contribution in [3.63, 3.8) is 0 Å². The molecule has 3 nitrogen and oxygen atoms in total. The second-order valence-electron chi connectivity index (χ2n) is 3.48. The Hall–Kier alpha value is -1.06. The number of H-pyrrole nitrogens is 1. The van der Waals surface area contributed by atoms with Crippen LogP contribution in [0.4, 0.5) is 0 Å². The highest BCUT2D eigenvalue weighted by molar-refractivity contribution is 6.36. The SMILES string of the molecule is CCCc1nc(-c2ccc(Cl)cc2Cl)n[nH]1. The zero-order valence-corrected chi connectivity index (χ0v) is 10.3. The van der Waals surface area contributed by atoms with Crippen molar-refractivity contribution in [2.45, 2.75) is 19.8 Å². The Morgan fingerprint density at radius 3 is 2.81 bits per heavy atom. The van der Waals surface area contributed by atoms with Gasteiger partial charge in [-0.25, -0.2) is 4.98 Å². The predicted octanol–water partition coefficient (Wildman–Crippen LogP) is 3.73. The van der Waals surface area contributed by atoms with Crippen LogP contribution in [0.5, 0.6) is 0 Å². The van der Waals surface area contributed by atoms with E-state index < -0.39 is 0 Å². The maximum absolute atomic E-state index is 6.07. The first-order chi connectivity index (χ1) is 7.70. The molecule has 0 atom stereocenters. The fraction of sp³-hybridized carbons (Fsp3) is 0.273. The van der Waals surface area contributed by atoms with Gasteiger partial charge in [0, 0.05) is 17.0 Å². The van der Waals surface area contributed by atoms with Gasteiger partial charge in [0.1, 0.15) is 5.82 Å². The number of halogens is 2. The number of rotatable bonds is 3. The van der Waals surface area contributed by atoms with Crippen molar-refractivity contribution in [2.75, 3.05) is 0 Å². The molecule has 2 rings (SSSR count). The molecular weight excluding hydrogens is 245 g/mol. The normalized spacial score (nSPS) is 10.7. The molecule has 0 amide bonds. The van der Waals surface area contributed by atoms with Gasteiger partial charge in [-0.15, -0.1) is 0 Å². The molecule has 0 unspecified atom stereocenters. The van der Waals surface area contributed by atoms with Gasteiger partial charge in [0.2, 0.25) is 0 Å². The highest BCUT2D eigenvalue weighted by Crippen LogP contribution is 2.27. The topological polar surface area (TPSA) is 41.6 Å². The molecule has 0 saturated carbocycles. The Bertz CT molecular complexity index is 494. The summed E-state index contributed by atoms with van der Waals surface area (Å²) in [6.07, 6.45) is 1.92. The summed E-state index contributed by atoms with van der Waals surface area (Å²) in [5.41, 5.74) is 0.796. The molecule has 2 aromatic rings. The number of benzene rings is 1. The van der Waals surface area contributed by atoms with Gasteiger partial charge >= 0.3 is 0 Å². The smallest absolute Gasteiger partial charge is 0.182 e. The van der Waals surface area contributed by atoms with Crippen LogP contribution in [0.25, 0.3) is 11.4 Å². The lowest BCUT2D eigenvalue weighted by Gasteiger charge is -1.99. The first kappa shape index (κ1) is 11.4. The van der Waals surface area contributed by atoms with Crippen LogP contribution in [0, 0.1) is 0 Å². The number of nitrogens with one attached hydrogen (secondary N) is 1. The van der Waals surface area contributed by atoms with E-state index in [1.54, 1.807) is 12.1 Å². The molecule has 0 aliphatic heterocycles. The average molecular weight is 256 g/mol. The molecular formula is C11H11Cl2N3. The third-order valence-corrected chi connectivity index (χ3v) is 2.74. The maximum Gasteiger partial charge on any atom is 0.182 e. The molecule has 84 valence electrons. The summed E-state index contributed by atoms with van der Waals surface area (Å²) in [4.78, 5) is 4.37. The molecule has 0 bridgehead atoms. The molecule has 1 N–H and O–H groups in total. The summed E-state index contributed by atoms with van der Waals surface area (Å²) in [5, 5.41) is 8.20. The van der Waals surface area contributed by atoms with Gasteiger partial charge in [0.05, 0.1) is 5.02 Å². The first-order valence-electron chi connectivity index (χ1n) is 5.07. The summed E-state index contributed by atoms with van der Waals surface area (Å²) in [6.45, 7) is 2.09. The van der Waals surface area contributed by atoms with E-state index in [-0.39, 0.29) is 0 Å². The Labute approximate surface area is 104 Å². The second-order valence-corrected chi connectivity index (χ2v) is 4.32. The molecule has 0 radical (unpaired) electrons.